The number of nitrogens with one attached hydrogen (secondary N) is 2. The summed E-state index contributed by atoms with van der Waals surface area (Å²) in [6.07, 6.45) is -6.49. The molecule has 4 N–H and O–H groups in total. The summed E-state index contributed by atoms with van der Waals surface area (Å²) in [6.45, 7) is 1.82. The maximum atomic E-state index is 14.3. The summed E-state index contributed by atoms with van der Waals surface area (Å²) in [4.78, 5) is 38.7. The number of nitrogens with zero attached hydrogens (tertiary/aromatic N) is 1. The van der Waals surface area contributed by atoms with E-state index in [2.05, 4.69) is 5.09 Å². The third-order valence-electron chi connectivity index (χ3n) is 7.22. The maximum Gasteiger partial charge on any atom is 0.459 e. The van der Waals surface area contributed by atoms with Crippen LogP contribution in [0.25, 0.3) is 10.8 Å². The molecule has 13 nitrogen and oxygen atoms in total. The molecule has 0 bridgehead atoms. The molecule has 0 spiro atoms. The van der Waals surface area contributed by atoms with Gasteiger partial charge in [-0.1, -0.05) is 66.7 Å². The quantitative estimate of drug-likeness (QED) is 0.140. The Morgan fingerprint density at radius 1 is 1.07 bits per heavy atom. The van der Waals surface area contributed by atoms with Crippen molar-refractivity contribution < 1.29 is 42.5 Å². The van der Waals surface area contributed by atoms with Gasteiger partial charge in [-0.25, -0.2) is 9.36 Å². The SMILES string of the molecule is Cc1c(F)c(=O)[nH]c(=O)n1[C@@H]1O[C@H](COP(=O)(N[C@@H](C)C(=O)OCc2ccccc2)Oc2cccc3ccccc23)[C@@H](O)[C@H]1O. The molecule has 45 heavy (non-hydrogen) atoms. The zero-order chi connectivity index (χ0) is 32.3. The molecule has 0 radical (unpaired) electrons. The fraction of sp³-hybridized carbons (Fsp3) is 0.300. The molecule has 1 saturated heterocycles. The monoisotopic (exact) mass is 643 g/mol. The zero-order valence-corrected chi connectivity index (χ0v) is 25.1. The number of carbonyl (C=O) groups excluding carboxylic acids is 1. The Bertz CT molecular complexity index is 1840. The van der Waals surface area contributed by atoms with Gasteiger partial charge in [0.25, 0.3) is 5.56 Å². The van der Waals surface area contributed by atoms with Gasteiger partial charge in [0.05, 0.1) is 12.3 Å². The fourth-order valence-electron chi connectivity index (χ4n) is 4.83. The average molecular weight is 644 g/mol. The number of aromatic nitrogens is 2. The van der Waals surface area contributed by atoms with E-state index < -0.39 is 73.7 Å². The van der Waals surface area contributed by atoms with Crippen LogP contribution in [0.2, 0.25) is 0 Å². The molecule has 0 amide bonds. The number of hydrogen-bond acceptors (Lipinski definition) is 10. The summed E-state index contributed by atoms with van der Waals surface area (Å²) < 4.78 is 51.6. The third-order valence-corrected chi connectivity index (χ3v) is 8.85. The first-order valence-electron chi connectivity index (χ1n) is 13.9. The lowest BCUT2D eigenvalue weighted by Gasteiger charge is -2.25. The minimum absolute atomic E-state index is 0.0352. The molecule has 1 aromatic heterocycles. The van der Waals surface area contributed by atoms with Crippen LogP contribution < -0.4 is 20.9 Å². The van der Waals surface area contributed by atoms with Gasteiger partial charge in [-0.2, -0.15) is 9.48 Å². The number of ether oxygens (including phenoxy) is 2. The number of fused-ring (bicyclic) bond motifs is 1. The molecular weight excluding hydrogens is 612 g/mol. The van der Waals surface area contributed by atoms with Crippen molar-refractivity contribution in [3.8, 4) is 5.75 Å². The highest BCUT2D eigenvalue weighted by Gasteiger charge is 2.46. The Labute approximate surface area is 255 Å². The Morgan fingerprint density at radius 3 is 2.51 bits per heavy atom. The first kappa shape index (κ1) is 32.2. The van der Waals surface area contributed by atoms with Crippen LogP contribution >= 0.6 is 7.75 Å². The molecular formula is C30H31FN3O10P. The van der Waals surface area contributed by atoms with Crippen LogP contribution in [0.3, 0.4) is 0 Å². The molecule has 2 heterocycles. The lowest BCUT2D eigenvalue weighted by molar-refractivity contribution is -0.146. The number of hydrogen-bond donors (Lipinski definition) is 4. The third kappa shape index (κ3) is 7.06. The minimum Gasteiger partial charge on any atom is -0.460 e. The van der Waals surface area contributed by atoms with Gasteiger partial charge >= 0.3 is 19.4 Å². The predicted octanol–water partition coefficient (Wildman–Crippen LogP) is 2.68. The molecule has 15 heteroatoms. The van der Waals surface area contributed by atoms with E-state index in [0.717, 1.165) is 17.9 Å². The molecule has 0 saturated carbocycles. The smallest absolute Gasteiger partial charge is 0.459 e. The van der Waals surface area contributed by atoms with Crippen molar-refractivity contribution in [2.75, 3.05) is 6.61 Å². The second kappa shape index (κ2) is 13.4. The van der Waals surface area contributed by atoms with Gasteiger partial charge < -0.3 is 24.2 Å². The molecule has 1 aliphatic rings. The van der Waals surface area contributed by atoms with E-state index >= 15 is 0 Å². The normalized spacial score (nSPS) is 21.7. The zero-order valence-electron chi connectivity index (χ0n) is 24.2. The molecule has 3 aromatic carbocycles. The van der Waals surface area contributed by atoms with Gasteiger partial charge in [0.1, 0.15) is 36.7 Å². The van der Waals surface area contributed by atoms with Crippen LogP contribution in [-0.2, 0) is 30.0 Å². The van der Waals surface area contributed by atoms with Gasteiger partial charge in [-0.15, -0.1) is 0 Å². The van der Waals surface area contributed by atoms with Crippen molar-refractivity contribution in [1.29, 1.82) is 0 Å². The van der Waals surface area contributed by atoms with Gasteiger partial charge in [-0.3, -0.25) is 23.7 Å². The van der Waals surface area contributed by atoms with Crippen molar-refractivity contribution in [2.45, 2.75) is 51.0 Å². The second-order valence-corrected chi connectivity index (χ2v) is 12.1. The average Bonchev–Trinajstić information content (AvgIpc) is 3.30. The highest BCUT2D eigenvalue weighted by atomic mass is 31.2. The lowest BCUT2D eigenvalue weighted by Crippen LogP contribution is -2.40. The molecule has 5 rings (SSSR count). The number of aliphatic hydroxyl groups excluding tert-OH is 2. The van der Waals surface area contributed by atoms with Crippen LogP contribution in [0.4, 0.5) is 4.39 Å². The number of halogens is 1. The lowest BCUT2D eigenvalue weighted by atomic mass is 10.1. The summed E-state index contributed by atoms with van der Waals surface area (Å²) >= 11 is 0. The maximum absolute atomic E-state index is 14.3. The number of esters is 1. The largest absolute Gasteiger partial charge is 0.460 e. The molecule has 1 aliphatic heterocycles. The highest BCUT2D eigenvalue weighted by Crippen LogP contribution is 2.47. The van der Waals surface area contributed by atoms with Crippen molar-refractivity contribution >= 4 is 24.5 Å². The van der Waals surface area contributed by atoms with Crippen molar-refractivity contribution in [2.24, 2.45) is 0 Å². The van der Waals surface area contributed by atoms with Crippen molar-refractivity contribution in [3.63, 3.8) is 0 Å². The molecule has 0 aliphatic carbocycles. The van der Waals surface area contributed by atoms with E-state index in [1.165, 1.54) is 6.92 Å². The van der Waals surface area contributed by atoms with Gasteiger partial charge in [0, 0.05) is 5.39 Å². The van der Waals surface area contributed by atoms with E-state index in [4.69, 9.17) is 18.5 Å². The Hall–Kier alpha value is -4.17. The Balaban J connectivity index is 1.37. The van der Waals surface area contributed by atoms with Crippen LogP contribution in [-0.4, -0.2) is 56.7 Å². The van der Waals surface area contributed by atoms with Crippen LogP contribution in [0, 0.1) is 12.7 Å². The molecule has 1 unspecified atom stereocenters. The van der Waals surface area contributed by atoms with E-state index in [0.29, 0.717) is 9.95 Å². The van der Waals surface area contributed by atoms with E-state index in [1.54, 1.807) is 53.5 Å². The predicted molar refractivity (Wildman–Crippen MR) is 159 cm³/mol. The number of carbonyl (C=O) groups is 1. The number of H-pyrrole nitrogens is 1. The summed E-state index contributed by atoms with van der Waals surface area (Å²) in [5, 5.41) is 25.3. The van der Waals surface area contributed by atoms with E-state index in [1.807, 2.05) is 24.3 Å². The van der Waals surface area contributed by atoms with E-state index in [-0.39, 0.29) is 12.4 Å². The van der Waals surface area contributed by atoms with Crippen LogP contribution in [0.1, 0.15) is 24.4 Å². The standard InChI is InChI=1S/C30H31FN3O10P/c1-17(29(38)41-15-19-9-4-3-5-10-19)33-45(40,44-22-14-8-12-20-11-6-7-13-21(20)22)42-16-23-25(35)26(36)28(43-23)34-18(2)24(31)27(37)32-30(34)39/h3-14,17,23,25-26,28,35-36H,15-16H2,1-2H3,(H,33,40)(H,32,37,39)/t17-,23+,25+,26+,28+,45?/m0/s1. The van der Waals surface area contributed by atoms with Gasteiger partial charge in [0.15, 0.2) is 6.23 Å². The molecule has 238 valence electrons. The van der Waals surface area contributed by atoms with Crippen molar-refractivity contribution in [1.82, 2.24) is 14.6 Å². The number of benzene rings is 3. The Kier molecular flexibility index (Phi) is 9.63. The van der Waals surface area contributed by atoms with Crippen LogP contribution in [0.15, 0.2) is 82.4 Å². The van der Waals surface area contributed by atoms with E-state index in [9.17, 15) is 33.6 Å². The molecule has 4 aromatic rings. The van der Waals surface area contributed by atoms with Crippen molar-refractivity contribution in [3.05, 3.63) is 111 Å². The summed E-state index contributed by atoms with van der Waals surface area (Å²) in [7, 11) is -4.47. The summed E-state index contributed by atoms with van der Waals surface area (Å²) in [6, 6.07) is 19.9. The van der Waals surface area contributed by atoms with Crippen LogP contribution in [0.5, 0.6) is 5.75 Å². The first-order valence-corrected chi connectivity index (χ1v) is 15.4. The summed E-state index contributed by atoms with van der Waals surface area (Å²) in [5.74, 6) is -1.87. The highest BCUT2D eigenvalue weighted by molar-refractivity contribution is 7.52. The second-order valence-electron chi connectivity index (χ2n) is 10.4. The molecule has 1 fully saturated rings. The molecule has 6 atom stereocenters. The van der Waals surface area contributed by atoms with Gasteiger partial charge in [0.2, 0.25) is 5.82 Å². The minimum atomic E-state index is -4.47. The Morgan fingerprint density at radius 2 is 1.76 bits per heavy atom. The van der Waals surface area contributed by atoms with Gasteiger partial charge in [-0.05, 0) is 30.9 Å². The number of rotatable bonds is 11. The summed E-state index contributed by atoms with van der Waals surface area (Å²) in [5.41, 5.74) is -2.03. The fourth-order valence-corrected chi connectivity index (χ4v) is 6.35. The number of aliphatic hydroxyl groups is 2. The topological polar surface area (TPSA) is 178 Å². The first-order chi connectivity index (χ1) is 21.5. The number of aromatic amines is 1.